The number of hydrogen-bond donors (Lipinski definition) is 2. The van der Waals surface area contributed by atoms with Crippen LogP contribution in [0.1, 0.15) is 122 Å². The van der Waals surface area contributed by atoms with E-state index in [0.717, 1.165) is 12.8 Å². The molecule has 2 fully saturated rings. The van der Waals surface area contributed by atoms with Crippen LogP contribution in [0.4, 0.5) is 4.79 Å². The third kappa shape index (κ3) is 8.62. The van der Waals surface area contributed by atoms with E-state index in [1.54, 1.807) is 4.90 Å². The van der Waals surface area contributed by atoms with Crippen LogP contribution in [-0.2, 0) is 0 Å². The normalized spacial score (nSPS) is 26.4. The lowest BCUT2D eigenvalue weighted by atomic mass is 9.74. The second kappa shape index (κ2) is 16.2. The van der Waals surface area contributed by atoms with Gasteiger partial charge in [-0.25, -0.2) is 10.2 Å². The van der Waals surface area contributed by atoms with Crippen molar-refractivity contribution in [2.75, 3.05) is 6.54 Å². The molecule has 0 aromatic carbocycles. The number of urea groups is 1. The van der Waals surface area contributed by atoms with Crippen LogP contribution in [0.2, 0.25) is 0 Å². The zero-order chi connectivity index (χ0) is 24.7. The number of alkyl halides is 1. The maximum Gasteiger partial charge on any atom is 0.333 e. The highest BCUT2D eigenvalue weighted by molar-refractivity contribution is 6.21. The average Bonchev–Trinajstić information content (AvgIpc) is 3.16. The maximum atomic E-state index is 12.5. The minimum atomic E-state index is -0.776. The van der Waals surface area contributed by atoms with Crippen molar-refractivity contribution in [3.8, 4) is 12.1 Å². The predicted octanol–water partition coefficient (Wildman–Crippen LogP) is 7.15. The van der Waals surface area contributed by atoms with Gasteiger partial charge in [0.2, 0.25) is 0 Å². The Morgan fingerprint density at radius 3 is 1.79 bits per heavy atom. The fourth-order valence-electron chi connectivity index (χ4n) is 5.47. The summed E-state index contributed by atoms with van der Waals surface area (Å²) in [5.74, 6) is -0.804. The largest absolute Gasteiger partial charge is 0.333 e. The Morgan fingerprint density at radius 1 is 0.853 bits per heavy atom. The third-order valence-electron chi connectivity index (χ3n) is 7.68. The molecule has 2 rings (SSSR count). The van der Waals surface area contributed by atoms with E-state index in [1.165, 1.54) is 89.9 Å². The van der Waals surface area contributed by atoms with Crippen LogP contribution in [0.3, 0.4) is 0 Å². The molecule has 1 aliphatic heterocycles. The van der Waals surface area contributed by atoms with Gasteiger partial charge in [-0.1, -0.05) is 103 Å². The van der Waals surface area contributed by atoms with E-state index in [4.69, 9.17) is 11.6 Å². The topological polar surface area (TPSA) is 91.9 Å². The van der Waals surface area contributed by atoms with Gasteiger partial charge in [-0.15, -0.1) is 11.6 Å². The number of carbonyl (C=O) groups is 1. The standard InChI is InChI=1S/C27H46ClN5O/c1-2-3-4-5-6-7-8-9-10-11-12-13-14-15-16-17-18-33-26(34)31-32-27(33)20-24(22-30)23(21-29)19-25(27)28/h23-25,32H,2-20H2,1H3,(H,31,34). The Labute approximate surface area is 212 Å². The number of nitrogens with zero attached hydrogens (tertiary/aromatic N) is 3. The lowest BCUT2D eigenvalue weighted by molar-refractivity contribution is 0.0662. The summed E-state index contributed by atoms with van der Waals surface area (Å²) in [7, 11) is 0. The molecular formula is C27H46ClN5O. The molecular weight excluding hydrogens is 446 g/mol. The third-order valence-corrected chi connectivity index (χ3v) is 8.21. The van der Waals surface area contributed by atoms with Crippen molar-refractivity contribution in [2.24, 2.45) is 11.8 Å². The first kappa shape index (κ1) is 28.7. The van der Waals surface area contributed by atoms with Crippen molar-refractivity contribution >= 4 is 17.6 Å². The van der Waals surface area contributed by atoms with E-state index in [1.807, 2.05) is 0 Å². The zero-order valence-corrected chi connectivity index (χ0v) is 22.1. The number of carbonyl (C=O) groups excluding carboxylic acids is 1. The van der Waals surface area contributed by atoms with Gasteiger partial charge in [-0.2, -0.15) is 10.5 Å². The Hall–Kier alpha value is -1.50. The molecule has 4 atom stereocenters. The monoisotopic (exact) mass is 491 g/mol. The van der Waals surface area contributed by atoms with Gasteiger partial charge in [0.25, 0.3) is 0 Å². The van der Waals surface area contributed by atoms with E-state index in [-0.39, 0.29) is 11.9 Å². The van der Waals surface area contributed by atoms with Crippen LogP contribution in [0.5, 0.6) is 0 Å². The summed E-state index contributed by atoms with van der Waals surface area (Å²) in [6.07, 6.45) is 21.8. The fourth-order valence-corrected chi connectivity index (χ4v) is 5.92. The van der Waals surface area contributed by atoms with Crippen LogP contribution in [0, 0.1) is 34.5 Å². The molecule has 7 heteroatoms. The lowest BCUT2D eigenvalue weighted by Crippen LogP contribution is -2.63. The molecule has 2 amide bonds. The fraction of sp³-hybridized carbons (Fsp3) is 0.889. The molecule has 4 unspecified atom stereocenters. The van der Waals surface area contributed by atoms with Crippen molar-refractivity contribution < 1.29 is 4.79 Å². The minimum Gasteiger partial charge on any atom is -0.302 e. The Kier molecular flexibility index (Phi) is 13.7. The number of rotatable bonds is 17. The Morgan fingerprint density at radius 2 is 1.32 bits per heavy atom. The Bertz CT molecular complexity index is 675. The molecule has 1 heterocycles. The molecule has 1 saturated heterocycles. The highest BCUT2D eigenvalue weighted by Gasteiger charge is 2.55. The molecule has 0 bridgehead atoms. The van der Waals surface area contributed by atoms with Crippen molar-refractivity contribution in [1.82, 2.24) is 15.8 Å². The number of hydrazine groups is 1. The maximum absolute atomic E-state index is 12.5. The smallest absolute Gasteiger partial charge is 0.302 e. The summed E-state index contributed by atoms with van der Waals surface area (Å²) in [5, 5.41) is 18.4. The quantitative estimate of drug-likeness (QED) is 0.167. The second-order valence-corrected chi connectivity index (χ2v) is 10.8. The van der Waals surface area contributed by atoms with Gasteiger partial charge in [-0.05, 0) is 12.8 Å². The van der Waals surface area contributed by atoms with Gasteiger partial charge in [0.05, 0.1) is 29.4 Å². The van der Waals surface area contributed by atoms with Gasteiger partial charge < -0.3 is 4.90 Å². The van der Waals surface area contributed by atoms with Gasteiger partial charge in [0.1, 0.15) is 5.66 Å². The SMILES string of the molecule is CCCCCCCCCCCCCCCCCCN1C(=O)NNC12CC(C#N)C(C#N)CC2Cl. The van der Waals surface area contributed by atoms with Crippen LogP contribution in [0.15, 0.2) is 0 Å². The van der Waals surface area contributed by atoms with Gasteiger partial charge >= 0.3 is 6.03 Å². The molecule has 2 aliphatic rings. The molecule has 34 heavy (non-hydrogen) atoms. The summed E-state index contributed by atoms with van der Waals surface area (Å²) in [4.78, 5) is 14.2. The number of unbranched alkanes of at least 4 members (excludes halogenated alkanes) is 15. The lowest BCUT2D eigenvalue weighted by Gasteiger charge is -2.45. The van der Waals surface area contributed by atoms with Crippen LogP contribution < -0.4 is 10.9 Å². The first-order chi connectivity index (χ1) is 16.6. The van der Waals surface area contributed by atoms with Crippen molar-refractivity contribution in [3.05, 3.63) is 0 Å². The molecule has 0 radical (unpaired) electrons. The number of halogens is 1. The highest BCUT2D eigenvalue weighted by Crippen LogP contribution is 2.42. The van der Waals surface area contributed by atoms with E-state index in [2.05, 4.69) is 29.9 Å². The summed E-state index contributed by atoms with van der Waals surface area (Å²) in [6.45, 7) is 2.89. The molecule has 0 aromatic heterocycles. The molecule has 192 valence electrons. The van der Waals surface area contributed by atoms with Gasteiger partial charge in [-0.3, -0.25) is 5.43 Å². The summed E-state index contributed by atoms with van der Waals surface area (Å²) >= 11 is 6.66. The van der Waals surface area contributed by atoms with Gasteiger partial charge in [0.15, 0.2) is 0 Å². The predicted molar refractivity (Wildman–Crippen MR) is 138 cm³/mol. The summed E-state index contributed by atoms with van der Waals surface area (Å²) in [5.41, 5.74) is 5.00. The van der Waals surface area contributed by atoms with E-state index < -0.39 is 17.0 Å². The van der Waals surface area contributed by atoms with Crippen molar-refractivity contribution in [2.45, 2.75) is 134 Å². The Balaban J connectivity index is 1.53. The zero-order valence-electron chi connectivity index (χ0n) is 21.3. The van der Waals surface area contributed by atoms with Gasteiger partial charge in [0, 0.05) is 13.0 Å². The summed E-state index contributed by atoms with van der Waals surface area (Å²) in [6, 6.07) is 4.28. The van der Waals surface area contributed by atoms with Crippen LogP contribution >= 0.6 is 11.6 Å². The van der Waals surface area contributed by atoms with Crippen LogP contribution in [0.25, 0.3) is 0 Å². The molecule has 1 aliphatic carbocycles. The second-order valence-electron chi connectivity index (χ2n) is 10.3. The number of nitriles is 2. The van der Waals surface area contributed by atoms with Crippen molar-refractivity contribution in [3.63, 3.8) is 0 Å². The number of nitrogens with one attached hydrogen (secondary N) is 2. The summed E-state index contributed by atoms with van der Waals surface area (Å²) < 4.78 is 0. The first-order valence-electron chi connectivity index (χ1n) is 13.9. The number of amides is 2. The molecule has 0 aromatic rings. The molecule has 2 N–H and O–H groups in total. The minimum absolute atomic E-state index is 0.182. The highest BCUT2D eigenvalue weighted by atomic mass is 35.5. The number of hydrogen-bond acceptors (Lipinski definition) is 4. The molecule has 1 spiro atoms. The van der Waals surface area contributed by atoms with E-state index in [0.29, 0.717) is 19.4 Å². The molecule has 6 nitrogen and oxygen atoms in total. The van der Waals surface area contributed by atoms with E-state index >= 15 is 0 Å². The van der Waals surface area contributed by atoms with E-state index in [9.17, 15) is 15.3 Å². The first-order valence-corrected chi connectivity index (χ1v) is 14.3. The average molecular weight is 492 g/mol. The van der Waals surface area contributed by atoms with Crippen LogP contribution in [-0.4, -0.2) is 28.5 Å². The molecule has 1 saturated carbocycles. The van der Waals surface area contributed by atoms with Crippen molar-refractivity contribution in [1.29, 1.82) is 10.5 Å².